The van der Waals surface area contributed by atoms with Crippen LogP contribution in [-0.4, -0.2) is 9.55 Å². The first-order valence-corrected chi connectivity index (χ1v) is 8.02. The highest BCUT2D eigenvalue weighted by Crippen LogP contribution is 2.28. The van der Waals surface area contributed by atoms with Gasteiger partial charge in [-0.25, -0.2) is 0 Å². The molecular weight excluding hydrogens is 324 g/mol. The maximum atomic E-state index is 12.9. The third kappa shape index (κ3) is 2.16. The number of thiophene rings is 1. The summed E-state index contributed by atoms with van der Waals surface area (Å²) < 4.78 is 1.86. The molecule has 0 aliphatic rings. The molecule has 0 amide bonds. The molecule has 0 aliphatic heterocycles. The molecule has 0 bridgehead atoms. The van der Waals surface area contributed by atoms with E-state index in [2.05, 4.69) is 4.98 Å². The van der Waals surface area contributed by atoms with Gasteiger partial charge in [0.15, 0.2) is 4.77 Å². The van der Waals surface area contributed by atoms with Gasteiger partial charge in [-0.15, -0.1) is 11.3 Å². The Kier molecular flexibility index (Phi) is 3.51. The van der Waals surface area contributed by atoms with Crippen LogP contribution in [0.1, 0.15) is 16.0 Å². The number of benzene rings is 1. The molecule has 2 heterocycles. The first-order chi connectivity index (χ1) is 9.91. The maximum absolute atomic E-state index is 12.9. The van der Waals surface area contributed by atoms with Crippen molar-refractivity contribution in [2.24, 2.45) is 0 Å². The number of aromatic amines is 1. The first kappa shape index (κ1) is 14.5. The smallest absolute Gasteiger partial charge is 0.267 e. The van der Waals surface area contributed by atoms with Gasteiger partial charge in [0, 0.05) is 4.88 Å². The summed E-state index contributed by atoms with van der Waals surface area (Å²) in [6, 6.07) is 5.54. The summed E-state index contributed by atoms with van der Waals surface area (Å²) in [6.45, 7) is 5.87. The van der Waals surface area contributed by atoms with Crippen molar-refractivity contribution in [2.45, 2.75) is 20.8 Å². The molecule has 0 radical (unpaired) electrons. The highest BCUT2D eigenvalue weighted by Gasteiger charge is 2.16. The van der Waals surface area contributed by atoms with Crippen LogP contribution in [0.2, 0.25) is 5.02 Å². The normalized spacial score (nSPS) is 11.2. The predicted molar refractivity (Wildman–Crippen MR) is 91.8 cm³/mol. The van der Waals surface area contributed by atoms with E-state index in [9.17, 15) is 4.79 Å². The van der Waals surface area contributed by atoms with Crippen molar-refractivity contribution in [3.63, 3.8) is 0 Å². The summed E-state index contributed by atoms with van der Waals surface area (Å²) in [5, 5.41) is 1.20. The topological polar surface area (TPSA) is 37.8 Å². The summed E-state index contributed by atoms with van der Waals surface area (Å²) in [4.78, 5) is 18.0. The molecule has 3 nitrogen and oxygen atoms in total. The van der Waals surface area contributed by atoms with Crippen molar-refractivity contribution >= 4 is 45.4 Å². The van der Waals surface area contributed by atoms with Gasteiger partial charge in [-0.05, 0) is 50.2 Å². The SMILES string of the molecule is Cc1cccc(Cl)c1-n1c(=S)[nH]c2sc(C)c(C)c2c1=O. The average molecular weight is 337 g/mol. The number of hydrogen-bond acceptors (Lipinski definition) is 3. The van der Waals surface area contributed by atoms with Crippen LogP contribution in [0.5, 0.6) is 0 Å². The van der Waals surface area contributed by atoms with E-state index in [4.69, 9.17) is 23.8 Å². The molecule has 21 heavy (non-hydrogen) atoms. The lowest BCUT2D eigenvalue weighted by atomic mass is 10.2. The molecule has 3 rings (SSSR count). The van der Waals surface area contributed by atoms with Crippen LogP contribution in [0.15, 0.2) is 23.0 Å². The Bertz CT molecular complexity index is 961. The Labute approximate surface area is 135 Å². The number of para-hydroxylation sites is 1. The Morgan fingerprint density at radius 3 is 2.67 bits per heavy atom. The Balaban J connectivity index is 2.53. The van der Waals surface area contributed by atoms with Gasteiger partial charge in [-0.2, -0.15) is 0 Å². The van der Waals surface area contributed by atoms with Crippen LogP contribution in [0, 0.1) is 25.5 Å². The van der Waals surface area contributed by atoms with Crippen molar-refractivity contribution < 1.29 is 0 Å². The van der Waals surface area contributed by atoms with Gasteiger partial charge in [0.05, 0.1) is 16.1 Å². The van der Waals surface area contributed by atoms with E-state index in [-0.39, 0.29) is 5.56 Å². The summed E-state index contributed by atoms with van der Waals surface area (Å²) in [6.07, 6.45) is 0. The highest BCUT2D eigenvalue weighted by atomic mass is 35.5. The summed E-state index contributed by atoms with van der Waals surface area (Å²) in [5.41, 5.74) is 2.43. The number of aryl methyl sites for hydroxylation is 3. The minimum atomic E-state index is -0.119. The zero-order valence-corrected chi connectivity index (χ0v) is 14.2. The van der Waals surface area contributed by atoms with Gasteiger partial charge in [-0.3, -0.25) is 9.36 Å². The minimum Gasteiger partial charge on any atom is -0.323 e. The average Bonchev–Trinajstić information content (AvgIpc) is 2.68. The third-order valence-corrected chi connectivity index (χ3v) is 5.35. The van der Waals surface area contributed by atoms with E-state index in [1.807, 2.05) is 32.9 Å². The Morgan fingerprint density at radius 2 is 2.00 bits per heavy atom. The van der Waals surface area contributed by atoms with Crippen LogP contribution < -0.4 is 5.56 Å². The molecule has 0 saturated carbocycles. The molecule has 0 unspecified atom stereocenters. The molecule has 0 fully saturated rings. The van der Waals surface area contributed by atoms with Gasteiger partial charge in [0.1, 0.15) is 4.83 Å². The van der Waals surface area contributed by atoms with E-state index >= 15 is 0 Å². The second-order valence-electron chi connectivity index (χ2n) is 4.96. The van der Waals surface area contributed by atoms with Crippen molar-refractivity contribution in [1.82, 2.24) is 9.55 Å². The summed E-state index contributed by atoms with van der Waals surface area (Å²) >= 11 is 13.2. The lowest BCUT2D eigenvalue weighted by molar-refractivity contribution is 0.933. The van der Waals surface area contributed by atoms with Gasteiger partial charge < -0.3 is 4.98 Å². The lowest BCUT2D eigenvalue weighted by Gasteiger charge is -2.11. The third-order valence-electron chi connectivity index (χ3n) is 3.64. The molecule has 0 atom stereocenters. The molecule has 1 N–H and O–H groups in total. The molecule has 3 aromatic rings. The van der Waals surface area contributed by atoms with Gasteiger partial charge >= 0.3 is 0 Å². The van der Waals surface area contributed by atoms with Crippen molar-refractivity contribution in [3.05, 3.63) is 54.4 Å². The Morgan fingerprint density at radius 1 is 1.29 bits per heavy atom. The molecule has 0 saturated heterocycles. The number of H-pyrrole nitrogens is 1. The highest BCUT2D eigenvalue weighted by molar-refractivity contribution is 7.71. The fourth-order valence-corrected chi connectivity index (χ4v) is 4.14. The standard InChI is InChI=1S/C15H13ClN2OS2/c1-7-5-4-6-10(16)12(7)18-14(19)11-8(2)9(3)21-13(11)17-15(18)20/h4-6H,1-3H3,(H,17,20). The second kappa shape index (κ2) is 5.09. The van der Waals surface area contributed by atoms with Crippen LogP contribution >= 0.6 is 35.2 Å². The molecule has 1 aromatic carbocycles. The number of nitrogens with zero attached hydrogens (tertiary/aromatic N) is 1. The van der Waals surface area contributed by atoms with Gasteiger partial charge in [-0.1, -0.05) is 23.7 Å². The fraction of sp³-hybridized carbons (Fsp3) is 0.200. The monoisotopic (exact) mass is 336 g/mol. The zero-order valence-electron chi connectivity index (χ0n) is 11.8. The molecule has 2 aromatic heterocycles. The number of rotatable bonds is 1. The number of nitrogens with one attached hydrogen (secondary N) is 1. The van der Waals surface area contributed by atoms with E-state index in [0.29, 0.717) is 20.9 Å². The van der Waals surface area contributed by atoms with Crippen LogP contribution in [0.4, 0.5) is 0 Å². The number of fused-ring (bicyclic) bond motifs is 1. The maximum Gasteiger partial charge on any atom is 0.267 e. The molecule has 108 valence electrons. The molecule has 0 spiro atoms. The zero-order chi connectivity index (χ0) is 15.3. The van der Waals surface area contributed by atoms with Gasteiger partial charge in [0.25, 0.3) is 5.56 Å². The summed E-state index contributed by atoms with van der Waals surface area (Å²) in [7, 11) is 0. The van der Waals surface area contributed by atoms with Crippen molar-refractivity contribution in [3.8, 4) is 5.69 Å². The molecule has 0 aliphatic carbocycles. The molecular formula is C15H13ClN2OS2. The number of hydrogen-bond donors (Lipinski definition) is 1. The van der Waals surface area contributed by atoms with Crippen molar-refractivity contribution in [2.75, 3.05) is 0 Å². The van der Waals surface area contributed by atoms with Crippen LogP contribution in [-0.2, 0) is 0 Å². The van der Waals surface area contributed by atoms with E-state index in [0.717, 1.165) is 20.8 Å². The Hall–Kier alpha value is -1.43. The van der Waals surface area contributed by atoms with Crippen LogP contribution in [0.3, 0.4) is 0 Å². The second-order valence-corrected chi connectivity index (χ2v) is 6.98. The van der Waals surface area contributed by atoms with E-state index in [1.54, 1.807) is 17.4 Å². The van der Waals surface area contributed by atoms with Crippen molar-refractivity contribution in [1.29, 1.82) is 0 Å². The van der Waals surface area contributed by atoms with E-state index in [1.165, 1.54) is 4.57 Å². The van der Waals surface area contributed by atoms with Gasteiger partial charge in [0.2, 0.25) is 0 Å². The first-order valence-electron chi connectivity index (χ1n) is 6.42. The quantitative estimate of drug-likeness (QED) is 0.655. The largest absolute Gasteiger partial charge is 0.323 e. The fourth-order valence-electron chi connectivity index (χ4n) is 2.44. The minimum absolute atomic E-state index is 0.119. The summed E-state index contributed by atoms with van der Waals surface area (Å²) in [5.74, 6) is 0. The van der Waals surface area contributed by atoms with E-state index < -0.39 is 0 Å². The predicted octanol–water partition coefficient (Wildman–Crippen LogP) is 4.69. The lowest BCUT2D eigenvalue weighted by Crippen LogP contribution is -2.21. The number of aromatic nitrogens is 2. The van der Waals surface area contributed by atoms with Crippen LogP contribution in [0.25, 0.3) is 15.9 Å². The molecule has 6 heteroatoms. The number of halogens is 1.